The highest BCUT2D eigenvalue weighted by molar-refractivity contribution is 8.23. The maximum Gasteiger partial charge on any atom is 0.310 e. The molecule has 0 radical (unpaired) electrons. The molecule has 0 spiro atoms. The molecule has 1 saturated heterocycles. The van der Waals surface area contributed by atoms with Crippen molar-refractivity contribution in [2.24, 2.45) is 5.92 Å². The lowest BCUT2D eigenvalue weighted by atomic mass is 9.87. The fourth-order valence-electron chi connectivity index (χ4n) is 2.36. The van der Waals surface area contributed by atoms with E-state index in [9.17, 15) is 14.7 Å². The lowest BCUT2D eigenvalue weighted by Gasteiger charge is -2.20. The zero-order chi connectivity index (χ0) is 14.5. The Morgan fingerprint density at radius 2 is 2.10 bits per heavy atom. The van der Waals surface area contributed by atoms with E-state index < -0.39 is 11.9 Å². The lowest BCUT2D eigenvalue weighted by molar-refractivity contribution is -0.139. The molecule has 1 aliphatic heterocycles. The summed E-state index contributed by atoms with van der Waals surface area (Å²) in [7, 11) is 0. The Bertz CT molecular complexity index is 513. The number of hydrogen-bond acceptors (Lipinski definition) is 4. The molecule has 1 heterocycles. The van der Waals surface area contributed by atoms with Crippen LogP contribution < -0.4 is 0 Å². The first-order chi connectivity index (χ1) is 9.58. The molecule has 1 aliphatic rings. The summed E-state index contributed by atoms with van der Waals surface area (Å²) in [6.07, 6.45) is 1.64. The van der Waals surface area contributed by atoms with Gasteiger partial charge in [0.2, 0.25) is 0 Å². The Hall–Kier alpha value is -1.20. The number of carboxylic acid groups (broad SMARTS) is 1. The molecule has 2 atom stereocenters. The van der Waals surface area contributed by atoms with Crippen LogP contribution in [0.15, 0.2) is 30.3 Å². The number of thioether (sulfide) groups is 1. The second kappa shape index (κ2) is 6.99. The van der Waals surface area contributed by atoms with Crippen molar-refractivity contribution in [3.8, 4) is 0 Å². The highest BCUT2D eigenvalue weighted by Crippen LogP contribution is 2.32. The fourth-order valence-corrected chi connectivity index (χ4v) is 3.65. The third-order valence-electron chi connectivity index (χ3n) is 3.50. The number of carbonyl (C=O) groups excluding carboxylic acids is 1. The molecule has 1 fully saturated rings. The number of carboxylic acids is 1. The molecular formula is C15H16O3S2. The van der Waals surface area contributed by atoms with Crippen LogP contribution in [0.25, 0.3) is 0 Å². The third-order valence-corrected chi connectivity index (χ3v) is 5.27. The SMILES string of the molecule is O=C1CCC(CC(C(=O)O)c2ccccc2)C(=S)SC1. The van der Waals surface area contributed by atoms with Crippen molar-refractivity contribution in [2.75, 3.05) is 5.75 Å². The monoisotopic (exact) mass is 308 g/mol. The summed E-state index contributed by atoms with van der Waals surface area (Å²) in [5.74, 6) is -0.750. The van der Waals surface area contributed by atoms with Gasteiger partial charge in [0.1, 0.15) is 5.78 Å². The summed E-state index contributed by atoms with van der Waals surface area (Å²) >= 11 is 6.73. The molecule has 2 unspecified atom stereocenters. The molecule has 0 aromatic heterocycles. The average molecular weight is 308 g/mol. The van der Waals surface area contributed by atoms with E-state index in [0.29, 0.717) is 25.0 Å². The van der Waals surface area contributed by atoms with Crippen LogP contribution in [0.5, 0.6) is 0 Å². The smallest absolute Gasteiger partial charge is 0.310 e. The van der Waals surface area contributed by atoms with Gasteiger partial charge in [-0.2, -0.15) is 0 Å². The first kappa shape index (κ1) is 15.2. The van der Waals surface area contributed by atoms with Crippen LogP contribution in [0.1, 0.15) is 30.7 Å². The summed E-state index contributed by atoms with van der Waals surface area (Å²) < 4.78 is 0.776. The van der Waals surface area contributed by atoms with E-state index in [1.165, 1.54) is 11.8 Å². The van der Waals surface area contributed by atoms with E-state index in [0.717, 1.165) is 9.76 Å². The van der Waals surface area contributed by atoms with Crippen molar-refractivity contribution >= 4 is 39.9 Å². The van der Waals surface area contributed by atoms with Gasteiger partial charge >= 0.3 is 5.97 Å². The Morgan fingerprint density at radius 1 is 1.40 bits per heavy atom. The van der Waals surface area contributed by atoms with Crippen molar-refractivity contribution in [3.63, 3.8) is 0 Å². The van der Waals surface area contributed by atoms with Crippen LogP contribution in [0, 0.1) is 5.92 Å². The highest BCUT2D eigenvalue weighted by atomic mass is 32.2. The fraction of sp³-hybridized carbons (Fsp3) is 0.400. The molecule has 5 heteroatoms. The predicted molar refractivity (Wildman–Crippen MR) is 84.2 cm³/mol. The van der Waals surface area contributed by atoms with Gasteiger partial charge in [0.15, 0.2) is 0 Å². The quantitative estimate of drug-likeness (QED) is 0.865. The Labute approximate surface area is 127 Å². The topological polar surface area (TPSA) is 54.4 Å². The van der Waals surface area contributed by atoms with Crippen molar-refractivity contribution < 1.29 is 14.7 Å². The number of ketones is 1. The first-order valence-corrected chi connectivity index (χ1v) is 7.93. The number of Topliss-reactive ketones (excluding diaryl/α,β-unsaturated/α-hetero) is 1. The summed E-state index contributed by atoms with van der Waals surface area (Å²) in [5, 5.41) is 9.45. The van der Waals surface area contributed by atoms with E-state index in [4.69, 9.17) is 12.2 Å². The molecule has 0 bridgehead atoms. The van der Waals surface area contributed by atoms with Crippen LogP contribution in [-0.4, -0.2) is 26.8 Å². The van der Waals surface area contributed by atoms with Crippen molar-refractivity contribution in [3.05, 3.63) is 35.9 Å². The molecular weight excluding hydrogens is 292 g/mol. The molecule has 1 aromatic rings. The van der Waals surface area contributed by atoms with Gasteiger partial charge in [-0.05, 0) is 18.4 Å². The standard InChI is InChI=1S/C15H16O3S2/c16-12-7-6-11(15(19)20-9-12)8-13(14(17)18)10-4-2-1-3-5-10/h1-5,11,13H,6-9H2,(H,17,18). The number of aliphatic carboxylic acids is 1. The summed E-state index contributed by atoms with van der Waals surface area (Å²) in [6, 6.07) is 9.21. The third kappa shape index (κ3) is 3.90. The maximum atomic E-state index is 11.5. The van der Waals surface area contributed by atoms with Gasteiger partial charge in [-0.15, -0.1) is 11.8 Å². The minimum atomic E-state index is -0.834. The predicted octanol–water partition coefficient (Wildman–Crippen LogP) is 3.28. The highest BCUT2D eigenvalue weighted by Gasteiger charge is 2.28. The van der Waals surface area contributed by atoms with Gasteiger partial charge in [-0.1, -0.05) is 42.5 Å². The Balaban J connectivity index is 2.14. The second-order valence-electron chi connectivity index (χ2n) is 4.92. The zero-order valence-corrected chi connectivity index (χ0v) is 12.6. The first-order valence-electron chi connectivity index (χ1n) is 6.54. The van der Waals surface area contributed by atoms with Gasteiger partial charge in [0.25, 0.3) is 0 Å². The van der Waals surface area contributed by atoms with Crippen molar-refractivity contribution in [1.82, 2.24) is 0 Å². The summed E-state index contributed by atoms with van der Waals surface area (Å²) in [4.78, 5) is 23.0. The molecule has 0 aliphatic carbocycles. The molecule has 3 nitrogen and oxygen atoms in total. The normalized spacial score (nSPS) is 21.3. The molecule has 106 valence electrons. The van der Waals surface area contributed by atoms with E-state index in [-0.39, 0.29) is 11.7 Å². The largest absolute Gasteiger partial charge is 0.481 e. The van der Waals surface area contributed by atoms with Crippen LogP contribution in [-0.2, 0) is 9.59 Å². The van der Waals surface area contributed by atoms with E-state index in [1.807, 2.05) is 30.3 Å². The number of benzene rings is 1. The van der Waals surface area contributed by atoms with Gasteiger partial charge in [-0.3, -0.25) is 9.59 Å². The van der Waals surface area contributed by atoms with Gasteiger partial charge < -0.3 is 5.11 Å². The summed E-state index contributed by atoms with van der Waals surface area (Å²) in [5.41, 5.74) is 0.795. The van der Waals surface area contributed by atoms with Crippen molar-refractivity contribution in [2.45, 2.75) is 25.2 Å². The lowest BCUT2D eigenvalue weighted by Crippen LogP contribution is -2.19. The van der Waals surface area contributed by atoms with Gasteiger partial charge in [-0.25, -0.2) is 0 Å². The minimum absolute atomic E-state index is 0.0164. The van der Waals surface area contributed by atoms with E-state index >= 15 is 0 Å². The Kier molecular flexibility index (Phi) is 5.31. The zero-order valence-electron chi connectivity index (χ0n) is 11.0. The average Bonchev–Trinajstić information content (AvgIpc) is 2.60. The molecule has 1 aromatic carbocycles. The second-order valence-corrected chi connectivity index (χ2v) is 6.63. The summed E-state index contributed by atoms with van der Waals surface area (Å²) in [6.45, 7) is 0. The number of rotatable bonds is 4. The molecule has 0 amide bonds. The van der Waals surface area contributed by atoms with Crippen LogP contribution in [0.3, 0.4) is 0 Å². The van der Waals surface area contributed by atoms with Crippen LogP contribution in [0.2, 0.25) is 0 Å². The number of hydrogen-bond donors (Lipinski definition) is 1. The minimum Gasteiger partial charge on any atom is -0.481 e. The van der Waals surface area contributed by atoms with Crippen molar-refractivity contribution in [1.29, 1.82) is 0 Å². The van der Waals surface area contributed by atoms with E-state index in [2.05, 4.69) is 0 Å². The van der Waals surface area contributed by atoms with Gasteiger partial charge in [0.05, 0.1) is 15.9 Å². The Morgan fingerprint density at radius 3 is 2.75 bits per heavy atom. The van der Waals surface area contributed by atoms with E-state index in [1.54, 1.807) is 0 Å². The molecule has 1 N–H and O–H groups in total. The van der Waals surface area contributed by atoms with Crippen LogP contribution in [0.4, 0.5) is 0 Å². The number of carbonyl (C=O) groups is 2. The van der Waals surface area contributed by atoms with Gasteiger partial charge in [0, 0.05) is 12.3 Å². The number of thiocarbonyl (C=S) groups is 1. The molecule has 2 rings (SSSR count). The molecule has 0 saturated carbocycles. The molecule has 20 heavy (non-hydrogen) atoms. The maximum absolute atomic E-state index is 11.5. The van der Waals surface area contributed by atoms with Crippen LogP contribution >= 0.6 is 24.0 Å².